The molecule has 1 aromatic rings. The van der Waals surface area contributed by atoms with Crippen molar-refractivity contribution in [3.05, 3.63) is 40.4 Å². The SMILES string of the molecule is C=C(Br)COc1cc(C)ccc1C(C)O. The van der Waals surface area contributed by atoms with Crippen molar-refractivity contribution in [2.75, 3.05) is 6.61 Å². The van der Waals surface area contributed by atoms with Crippen molar-refractivity contribution in [2.24, 2.45) is 0 Å². The molecule has 1 atom stereocenters. The summed E-state index contributed by atoms with van der Waals surface area (Å²) in [5, 5.41) is 9.55. The van der Waals surface area contributed by atoms with Gasteiger partial charge in [-0.15, -0.1) is 0 Å². The number of aliphatic hydroxyl groups is 1. The quantitative estimate of drug-likeness (QED) is 0.910. The number of hydrogen-bond donors (Lipinski definition) is 1. The number of benzene rings is 1. The Morgan fingerprint density at radius 2 is 2.27 bits per heavy atom. The molecule has 0 spiro atoms. The van der Waals surface area contributed by atoms with E-state index in [-0.39, 0.29) is 0 Å². The standard InChI is InChI=1S/C12H15BrO2/c1-8-4-5-11(10(3)14)12(6-8)15-7-9(2)13/h4-6,10,14H,2,7H2,1,3H3. The zero-order chi connectivity index (χ0) is 11.4. The van der Waals surface area contributed by atoms with E-state index < -0.39 is 6.10 Å². The Labute approximate surface area is 98.7 Å². The van der Waals surface area contributed by atoms with Gasteiger partial charge in [-0.05, 0) is 25.5 Å². The van der Waals surface area contributed by atoms with Crippen molar-refractivity contribution in [1.29, 1.82) is 0 Å². The number of aliphatic hydroxyl groups excluding tert-OH is 1. The molecule has 2 nitrogen and oxygen atoms in total. The van der Waals surface area contributed by atoms with Crippen LogP contribution in [0.1, 0.15) is 24.2 Å². The van der Waals surface area contributed by atoms with Crippen molar-refractivity contribution in [2.45, 2.75) is 20.0 Å². The second-order valence-corrected chi connectivity index (χ2v) is 4.64. The molecule has 1 aromatic carbocycles. The lowest BCUT2D eigenvalue weighted by molar-refractivity contribution is 0.193. The Morgan fingerprint density at radius 1 is 1.60 bits per heavy atom. The summed E-state index contributed by atoms with van der Waals surface area (Å²) in [7, 11) is 0. The maximum atomic E-state index is 9.55. The van der Waals surface area contributed by atoms with Crippen molar-refractivity contribution in [3.8, 4) is 5.75 Å². The maximum Gasteiger partial charge on any atom is 0.125 e. The van der Waals surface area contributed by atoms with Gasteiger partial charge in [0, 0.05) is 10.0 Å². The van der Waals surface area contributed by atoms with Crippen LogP contribution >= 0.6 is 15.9 Å². The first kappa shape index (κ1) is 12.3. The number of hydrogen-bond acceptors (Lipinski definition) is 2. The van der Waals surface area contributed by atoms with Crippen LogP contribution in [0.25, 0.3) is 0 Å². The molecule has 1 rings (SSSR count). The number of aryl methyl sites for hydroxylation is 1. The fourth-order valence-electron chi connectivity index (χ4n) is 1.27. The fraction of sp³-hybridized carbons (Fsp3) is 0.333. The summed E-state index contributed by atoms with van der Waals surface area (Å²) in [6, 6.07) is 5.75. The summed E-state index contributed by atoms with van der Waals surface area (Å²) in [4.78, 5) is 0. The average Bonchev–Trinajstić information content (AvgIpc) is 2.14. The topological polar surface area (TPSA) is 29.5 Å². The van der Waals surface area contributed by atoms with Crippen LogP contribution in [0.5, 0.6) is 5.75 Å². The van der Waals surface area contributed by atoms with Gasteiger partial charge in [-0.2, -0.15) is 0 Å². The number of halogens is 1. The van der Waals surface area contributed by atoms with E-state index in [4.69, 9.17) is 4.74 Å². The monoisotopic (exact) mass is 270 g/mol. The van der Waals surface area contributed by atoms with E-state index in [1.165, 1.54) is 0 Å². The predicted molar refractivity (Wildman–Crippen MR) is 65.4 cm³/mol. The van der Waals surface area contributed by atoms with Crippen LogP contribution in [0.3, 0.4) is 0 Å². The lowest BCUT2D eigenvalue weighted by Gasteiger charge is -2.13. The molecule has 1 unspecified atom stereocenters. The normalized spacial score (nSPS) is 12.3. The summed E-state index contributed by atoms with van der Waals surface area (Å²) in [6.07, 6.45) is -0.524. The molecule has 0 aliphatic carbocycles. The van der Waals surface area contributed by atoms with Gasteiger partial charge in [0.2, 0.25) is 0 Å². The molecule has 1 N–H and O–H groups in total. The van der Waals surface area contributed by atoms with E-state index in [1.807, 2.05) is 25.1 Å². The summed E-state index contributed by atoms with van der Waals surface area (Å²) < 4.78 is 6.31. The molecule has 0 aliphatic rings. The molecule has 0 saturated heterocycles. The Balaban J connectivity index is 2.91. The Hall–Kier alpha value is -0.800. The first-order chi connectivity index (χ1) is 7.00. The van der Waals surface area contributed by atoms with Crippen LogP contribution in [0, 0.1) is 6.92 Å². The Morgan fingerprint density at radius 3 is 2.80 bits per heavy atom. The van der Waals surface area contributed by atoms with Gasteiger partial charge in [-0.1, -0.05) is 34.6 Å². The van der Waals surface area contributed by atoms with Gasteiger partial charge in [0.05, 0.1) is 6.10 Å². The van der Waals surface area contributed by atoms with Crippen molar-refractivity contribution in [1.82, 2.24) is 0 Å². The van der Waals surface area contributed by atoms with Crippen LogP contribution in [-0.4, -0.2) is 11.7 Å². The lowest BCUT2D eigenvalue weighted by atomic mass is 10.1. The molecule has 0 amide bonds. The highest BCUT2D eigenvalue weighted by molar-refractivity contribution is 9.11. The third-order valence-electron chi connectivity index (χ3n) is 2.00. The minimum absolute atomic E-state index is 0.406. The maximum absolute atomic E-state index is 9.55. The van der Waals surface area contributed by atoms with Gasteiger partial charge >= 0.3 is 0 Å². The molecule has 0 aromatic heterocycles. The van der Waals surface area contributed by atoms with Gasteiger partial charge in [0.25, 0.3) is 0 Å². The predicted octanol–water partition coefficient (Wildman–Crippen LogP) is 3.34. The van der Waals surface area contributed by atoms with Crippen LogP contribution in [0.15, 0.2) is 29.3 Å². The van der Waals surface area contributed by atoms with Gasteiger partial charge in [-0.3, -0.25) is 0 Å². The largest absolute Gasteiger partial charge is 0.488 e. The molecule has 3 heteroatoms. The molecule has 15 heavy (non-hydrogen) atoms. The molecule has 0 fully saturated rings. The second kappa shape index (κ2) is 5.33. The third kappa shape index (κ3) is 3.68. The highest BCUT2D eigenvalue weighted by atomic mass is 79.9. The van der Waals surface area contributed by atoms with Crippen molar-refractivity contribution >= 4 is 15.9 Å². The van der Waals surface area contributed by atoms with E-state index in [2.05, 4.69) is 22.5 Å². The molecule has 0 heterocycles. The van der Waals surface area contributed by atoms with Crippen LogP contribution in [0.4, 0.5) is 0 Å². The number of rotatable bonds is 4. The van der Waals surface area contributed by atoms with Crippen LogP contribution < -0.4 is 4.74 Å². The minimum atomic E-state index is -0.524. The molecular weight excluding hydrogens is 256 g/mol. The summed E-state index contributed by atoms with van der Waals surface area (Å²) >= 11 is 3.23. The highest BCUT2D eigenvalue weighted by Crippen LogP contribution is 2.26. The second-order valence-electron chi connectivity index (χ2n) is 3.52. The van der Waals surface area contributed by atoms with Crippen molar-refractivity contribution in [3.63, 3.8) is 0 Å². The van der Waals surface area contributed by atoms with Gasteiger partial charge < -0.3 is 9.84 Å². The minimum Gasteiger partial charge on any atom is -0.488 e. The Bertz CT molecular complexity index is 359. The van der Waals surface area contributed by atoms with E-state index in [0.29, 0.717) is 12.4 Å². The molecular formula is C12H15BrO2. The average molecular weight is 271 g/mol. The van der Waals surface area contributed by atoms with Crippen LogP contribution in [-0.2, 0) is 0 Å². The Kier molecular flexibility index (Phi) is 4.36. The molecule has 82 valence electrons. The zero-order valence-corrected chi connectivity index (χ0v) is 10.5. The smallest absolute Gasteiger partial charge is 0.125 e. The number of ether oxygens (including phenoxy) is 1. The molecule has 0 aliphatic heterocycles. The summed E-state index contributed by atoms with van der Waals surface area (Å²) in [5.74, 6) is 0.714. The highest BCUT2D eigenvalue weighted by Gasteiger charge is 2.09. The first-order valence-corrected chi connectivity index (χ1v) is 5.54. The van der Waals surface area contributed by atoms with E-state index in [9.17, 15) is 5.11 Å². The van der Waals surface area contributed by atoms with Gasteiger partial charge in [0.1, 0.15) is 12.4 Å². The summed E-state index contributed by atoms with van der Waals surface area (Å²) in [5.41, 5.74) is 1.91. The van der Waals surface area contributed by atoms with Crippen LogP contribution in [0.2, 0.25) is 0 Å². The third-order valence-corrected chi connectivity index (χ3v) is 2.23. The molecule has 0 bridgehead atoms. The van der Waals surface area contributed by atoms with Crippen molar-refractivity contribution < 1.29 is 9.84 Å². The zero-order valence-electron chi connectivity index (χ0n) is 8.96. The first-order valence-electron chi connectivity index (χ1n) is 4.75. The molecule has 0 radical (unpaired) electrons. The fourth-order valence-corrected chi connectivity index (χ4v) is 1.38. The summed E-state index contributed by atoms with van der Waals surface area (Å²) in [6.45, 7) is 7.81. The molecule has 0 saturated carbocycles. The van der Waals surface area contributed by atoms with E-state index >= 15 is 0 Å². The van der Waals surface area contributed by atoms with E-state index in [0.717, 1.165) is 15.6 Å². The van der Waals surface area contributed by atoms with Gasteiger partial charge in [-0.25, -0.2) is 0 Å². The lowest BCUT2D eigenvalue weighted by Crippen LogP contribution is -2.02. The van der Waals surface area contributed by atoms with Gasteiger partial charge in [0.15, 0.2) is 0 Å². The van der Waals surface area contributed by atoms with E-state index in [1.54, 1.807) is 6.92 Å².